The van der Waals surface area contributed by atoms with Gasteiger partial charge in [-0.05, 0) is 37.5 Å². The maximum atomic E-state index is 12.6. The molecule has 1 amide bonds. The van der Waals surface area contributed by atoms with Crippen molar-refractivity contribution >= 4 is 15.7 Å². The number of ether oxygens (including phenoxy) is 1. The van der Waals surface area contributed by atoms with Crippen molar-refractivity contribution in [1.29, 1.82) is 0 Å². The van der Waals surface area contributed by atoms with Crippen molar-refractivity contribution in [2.75, 3.05) is 18.8 Å². The lowest BCUT2D eigenvalue weighted by atomic mass is 10.1. The summed E-state index contributed by atoms with van der Waals surface area (Å²) in [4.78, 5) is 14.0. The summed E-state index contributed by atoms with van der Waals surface area (Å²) in [5.74, 6) is 0.169. The number of amides is 1. The van der Waals surface area contributed by atoms with Gasteiger partial charge in [0.15, 0.2) is 9.84 Å². The van der Waals surface area contributed by atoms with Crippen LogP contribution >= 0.6 is 0 Å². The van der Waals surface area contributed by atoms with Gasteiger partial charge in [0.1, 0.15) is 17.3 Å². The SMILES string of the molecule is O=C(CS(=O)(=O)Cc1ccccc1Oc1ccccc1)N1CCCCC1. The van der Waals surface area contributed by atoms with Gasteiger partial charge in [0.05, 0.1) is 5.75 Å². The Labute approximate surface area is 154 Å². The molecule has 0 spiro atoms. The number of carbonyl (C=O) groups is 1. The molecule has 2 aromatic rings. The van der Waals surface area contributed by atoms with Gasteiger partial charge >= 0.3 is 0 Å². The monoisotopic (exact) mass is 373 g/mol. The molecule has 1 aliphatic rings. The van der Waals surface area contributed by atoms with Crippen LogP contribution in [0.4, 0.5) is 0 Å². The molecular weight excluding hydrogens is 350 g/mol. The van der Waals surface area contributed by atoms with Crippen LogP contribution in [0.5, 0.6) is 11.5 Å². The van der Waals surface area contributed by atoms with Crippen molar-refractivity contribution in [2.45, 2.75) is 25.0 Å². The lowest BCUT2D eigenvalue weighted by molar-refractivity contribution is -0.129. The summed E-state index contributed by atoms with van der Waals surface area (Å²) in [5.41, 5.74) is 0.558. The van der Waals surface area contributed by atoms with Crippen LogP contribution in [0.2, 0.25) is 0 Å². The highest BCUT2D eigenvalue weighted by molar-refractivity contribution is 7.91. The van der Waals surface area contributed by atoms with Crippen LogP contribution in [0.1, 0.15) is 24.8 Å². The minimum absolute atomic E-state index is 0.213. The maximum absolute atomic E-state index is 12.6. The van der Waals surface area contributed by atoms with Gasteiger partial charge in [-0.1, -0.05) is 36.4 Å². The van der Waals surface area contributed by atoms with Crippen LogP contribution in [0, 0.1) is 0 Å². The van der Waals surface area contributed by atoms with E-state index in [0.717, 1.165) is 19.3 Å². The van der Waals surface area contributed by atoms with E-state index in [-0.39, 0.29) is 11.7 Å². The molecule has 0 bridgehead atoms. The summed E-state index contributed by atoms with van der Waals surface area (Å²) < 4.78 is 30.9. The van der Waals surface area contributed by atoms with Gasteiger partial charge in [0.25, 0.3) is 0 Å². The number of likely N-dealkylation sites (tertiary alicyclic amines) is 1. The van der Waals surface area contributed by atoms with E-state index in [1.54, 1.807) is 29.2 Å². The molecule has 6 heteroatoms. The second kappa shape index (κ2) is 8.36. The summed E-state index contributed by atoms with van der Waals surface area (Å²) >= 11 is 0. The highest BCUT2D eigenvalue weighted by Crippen LogP contribution is 2.26. The number of piperidine rings is 1. The zero-order valence-corrected chi connectivity index (χ0v) is 15.5. The first-order valence-electron chi connectivity index (χ1n) is 8.82. The van der Waals surface area contributed by atoms with E-state index in [9.17, 15) is 13.2 Å². The molecule has 0 saturated carbocycles. The van der Waals surface area contributed by atoms with Crippen LogP contribution in [0.25, 0.3) is 0 Å². The molecule has 0 radical (unpaired) electrons. The Morgan fingerprint density at radius 1 is 0.923 bits per heavy atom. The van der Waals surface area contributed by atoms with Gasteiger partial charge < -0.3 is 9.64 Å². The van der Waals surface area contributed by atoms with E-state index in [2.05, 4.69) is 0 Å². The number of benzene rings is 2. The lowest BCUT2D eigenvalue weighted by Gasteiger charge is -2.26. The Bertz CT molecular complexity index is 843. The van der Waals surface area contributed by atoms with Crippen molar-refractivity contribution in [2.24, 2.45) is 0 Å². The number of para-hydroxylation sites is 2. The van der Waals surface area contributed by atoms with Gasteiger partial charge in [-0.3, -0.25) is 4.79 Å². The second-order valence-electron chi connectivity index (χ2n) is 6.50. The van der Waals surface area contributed by atoms with Gasteiger partial charge in [-0.25, -0.2) is 8.42 Å². The summed E-state index contributed by atoms with van der Waals surface area (Å²) in [5, 5.41) is 0. The van der Waals surface area contributed by atoms with E-state index in [1.165, 1.54) is 0 Å². The molecule has 26 heavy (non-hydrogen) atoms. The lowest BCUT2D eigenvalue weighted by Crippen LogP contribution is -2.39. The zero-order chi connectivity index (χ0) is 18.4. The molecule has 3 rings (SSSR count). The quantitative estimate of drug-likeness (QED) is 0.778. The van der Waals surface area contributed by atoms with E-state index in [1.807, 2.05) is 30.3 Å². The van der Waals surface area contributed by atoms with Crippen molar-refractivity contribution in [3.8, 4) is 11.5 Å². The van der Waals surface area contributed by atoms with Crippen LogP contribution in [0.3, 0.4) is 0 Å². The third kappa shape index (κ3) is 5.08. The molecule has 0 unspecified atom stereocenters. The first kappa shape index (κ1) is 18.5. The standard InChI is InChI=1S/C20H23NO4S/c22-20(21-13-7-2-8-14-21)16-26(23,24)15-17-9-5-6-12-19(17)25-18-10-3-1-4-11-18/h1,3-6,9-12H,2,7-8,13-16H2. The maximum Gasteiger partial charge on any atom is 0.237 e. The van der Waals surface area contributed by atoms with Crippen LogP contribution in [-0.2, 0) is 20.4 Å². The fourth-order valence-electron chi connectivity index (χ4n) is 3.05. The zero-order valence-electron chi connectivity index (χ0n) is 14.6. The Morgan fingerprint density at radius 3 is 2.31 bits per heavy atom. The predicted octanol–water partition coefficient (Wildman–Crippen LogP) is 3.41. The number of carbonyl (C=O) groups excluding carboxylic acids is 1. The van der Waals surface area contributed by atoms with Crippen molar-refractivity contribution in [3.63, 3.8) is 0 Å². The van der Waals surface area contributed by atoms with E-state index >= 15 is 0 Å². The largest absolute Gasteiger partial charge is 0.457 e. The molecule has 0 N–H and O–H groups in total. The average molecular weight is 373 g/mol. The summed E-state index contributed by atoms with van der Waals surface area (Å²) in [6, 6.07) is 16.2. The van der Waals surface area contributed by atoms with Crippen molar-refractivity contribution in [1.82, 2.24) is 4.90 Å². The first-order valence-corrected chi connectivity index (χ1v) is 10.6. The highest BCUT2D eigenvalue weighted by atomic mass is 32.2. The van der Waals surface area contributed by atoms with E-state index < -0.39 is 15.6 Å². The topological polar surface area (TPSA) is 63.7 Å². The number of nitrogens with zero attached hydrogens (tertiary/aromatic N) is 1. The van der Waals surface area contributed by atoms with Gasteiger partial charge in [0.2, 0.25) is 5.91 Å². The number of hydrogen-bond acceptors (Lipinski definition) is 4. The molecular formula is C20H23NO4S. The molecule has 0 aliphatic carbocycles. The van der Waals surface area contributed by atoms with Crippen LogP contribution < -0.4 is 4.74 Å². The Balaban J connectivity index is 1.70. The third-order valence-electron chi connectivity index (χ3n) is 4.37. The highest BCUT2D eigenvalue weighted by Gasteiger charge is 2.24. The smallest absolute Gasteiger partial charge is 0.237 e. The second-order valence-corrected chi connectivity index (χ2v) is 8.56. The number of sulfone groups is 1. The Kier molecular flexibility index (Phi) is 5.93. The van der Waals surface area contributed by atoms with Crippen molar-refractivity contribution < 1.29 is 17.9 Å². The van der Waals surface area contributed by atoms with Crippen LogP contribution in [-0.4, -0.2) is 38.1 Å². The van der Waals surface area contributed by atoms with Gasteiger partial charge in [0, 0.05) is 18.7 Å². The van der Waals surface area contributed by atoms with Crippen molar-refractivity contribution in [3.05, 3.63) is 60.2 Å². The van der Waals surface area contributed by atoms with Gasteiger partial charge in [-0.15, -0.1) is 0 Å². The minimum atomic E-state index is -3.57. The molecule has 5 nitrogen and oxygen atoms in total. The first-order chi connectivity index (χ1) is 12.5. The fourth-order valence-corrected chi connectivity index (χ4v) is 4.42. The molecule has 0 atom stereocenters. The molecule has 138 valence electrons. The summed E-state index contributed by atoms with van der Waals surface area (Å²) in [6.07, 6.45) is 2.99. The fraction of sp³-hybridized carbons (Fsp3) is 0.350. The minimum Gasteiger partial charge on any atom is -0.457 e. The summed E-state index contributed by atoms with van der Waals surface area (Å²) in [7, 11) is -3.57. The molecule has 1 fully saturated rings. The number of hydrogen-bond donors (Lipinski definition) is 0. The Hall–Kier alpha value is -2.34. The molecule has 1 aliphatic heterocycles. The van der Waals surface area contributed by atoms with Crippen LogP contribution in [0.15, 0.2) is 54.6 Å². The molecule has 1 saturated heterocycles. The van der Waals surface area contributed by atoms with E-state index in [4.69, 9.17) is 4.74 Å². The predicted molar refractivity (Wildman–Crippen MR) is 101 cm³/mol. The van der Waals surface area contributed by atoms with E-state index in [0.29, 0.717) is 30.2 Å². The third-order valence-corrected chi connectivity index (χ3v) is 5.81. The molecule has 1 heterocycles. The Morgan fingerprint density at radius 2 is 1.58 bits per heavy atom. The van der Waals surface area contributed by atoms with Gasteiger partial charge in [-0.2, -0.15) is 0 Å². The molecule has 0 aromatic heterocycles. The average Bonchev–Trinajstić information content (AvgIpc) is 2.64. The summed E-state index contributed by atoms with van der Waals surface area (Å²) in [6.45, 7) is 1.31. The molecule has 2 aromatic carbocycles. The number of rotatable bonds is 6. The normalized spacial score (nSPS) is 14.8.